The van der Waals surface area contributed by atoms with Crippen LogP contribution in [0.5, 0.6) is 0 Å². The number of rotatable bonds is 3. The van der Waals surface area contributed by atoms with Crippen molar-refractivity contribution >= 4 is 21.7 Å². The predicted molar refractivity (Wildman–Crippen MR) is 88.6 cm³/mol. The van der Waals surface area contributed by atoms with Gasteiger partial charge >= 0.3 is 0 Å². The lowest BCUT2D eigenvalue weighted by molar-refractivity contribution is -0.140. The Labute approximate surface area is 138 Å². The van der Waals surface area contributed by atoms with Crippen LogP contribution in [0.3, 0.4) is 0 Å². The quantitative estimate of drug-likeness (QED) is 0.827. The van der Waals surface area contributed by atoms with Crippen molar-refractivity contribution in [1.82, 2.24) is 10.2 Å². The van der Waals surface area contributed by atoms with E-state index >= 15 is 0 Å². The molecule has 0 aromatic carbocycles. The zero-order chi connectivity index (χ0) is 17.3. The van der Waals surface area contributed by atoms with Gasteiger partial charge in [-0.05, 0) is 31.1 Å². The molecule has 2 rings (SSSR count). The van der Waals surface area contributed by atoms with Crippen molar-refractivity contribution in [1.29, 1.82) is 0 Å². The van der Waals surface area contributed by atoms with Gasteiger partial charge in [0.25, 0.3) is 0 Å². The number of nitrogens with one attached hydrogen (secondary N) is 1. The maximum absolute atomic E-state index is 12.9. The van der Waals surface area contributed by atoms with E-state index in [0.717, 1.165) is 25.7 Å². The monoisotopic (exact) mass is 344 g/mol. The molecule has 1 atom stereocenters. The highest BCUT2D eigenvalue weighted by molar-refractivity contribution is 7.91. The largest absolute Gasteiger partial charge is 0.359 e. The minimum absolute atomic E-state index is 0.00119. The maximum Gasteiger partial charge on any atom is 0.226 e. The van der Waals surface area contributed by atoms with E-state index in [4.69, 9.17) is 0 Å². The van der Waals surface area contributed by atoms with Crippen molar-refractivity contribution in [3.05, 3.63) is 0 Å². The predicted octanol–water partition coefficient (Wildman–Crippen LogP) is 0.965. The molecule has 23 heavy (non-hydrogen) atoms. The molecule has 132 valence electrons. The van der Waals surface area contributed by atoms with Crippen molar-refractivity contribution in [3.63, 3.8) is 0 Å². The van der Waals surface area contributed by atoms with Gasteiger partial charge in [-0.3, -0.25) is 9.59 Å². The first-order valence-electron chi connectivity index (χ1n) is 8.35. The third-order valence-corrected chi connectivity index (χ3v) is 6.90. The number of carbonyl (C=O) groups excluding carboxylic acids is 2. The number of hydrogen-bond acceptors (Lipinski definition) is 4. The van der Waals surface area contributed by atoms with Crippen LogP contribution < -0.4 is 5.32 Å². The van der Waals surface area contributed by atoms with Crippen LogP contribution in [0.15, 0.2) is 0 Å². The summed E-state index contributed by atoms with van der Waals surface area (Å²) < 4.78 is 23.8. The summed E-state index contributed by atoms with van der Waals surface area (Å²) in [6.45, 7) is 4.65. The smallest absolute Gasteiger partial charge is 0.226 e. The zero-order valence-electron chi connectivity index (χ0n) is 14.3. The van der Waals surface area contributed by atoms with E-state index in [2.05, 4.69) is 19.2 Å². The molecule has 1 aliphatic carbocycles. The van der Waals surface area contributed by atoms with E-state index in [1.165, 1.54) is 7.05 Å². The maximum atomic E-state index is 12.9. The van der Waals surface area contributed by atoms with Gasteiger partial charge < -0.3 is 10.2 Å². The molecule has 0 aromatic rings. The van der Waals surface area contributed by atoms with E-state index in [0.29, 0.717) is 0 Å². The second kappa shape index (κ2) is 6.79. The summed E-state index contributed by atoms with van der Waals surface area (Å²) in [6.07, 6.45) is 3.77. The highest BCUT2D eigenvalue weighted by Crippen LogP contribution is 2.39. The van der Waals surface area contributed by atoms with Crippen LogP contribution >= 0.6 is 0 Å². The SMILES string of the molecule is CNC(=O)CC1CS(=O)(=O)CCN1C(=O)C1CCC(C)(C)CC1. The van der Waals surface area contributed by atoms with Gasteiger partial charge in [-0.1, -0.05) is 13.8 Å². The summed E-state index contributed by atoms with van der Waals surface area (Å²) in [5.74, 6) is -0.332. The molecule has 1 saturated carbocycles. The van der Waals surface area contributed by atoms with Crippen LogP contribution in [0.1, 0.15) is 46.0 Å². The molecular weight excluding hydrogens is 316 g/mol. The first-order valence-corrected chi connectivity index (χ1v) is 10.2. The standard InChI is InChI=1S/C16H28N2O4S/c1-16(2)6-4-12(5-7-16)15(20)18-8-9-23(21,22)11-13(18)10-14(19)17-3/h12-13H,4-11H2,1-3H3,(H,17,19). The van der Waals surface area contributed by atoms with Crippen LogP contribution in [-0.2, 0) is 19.4 Å². The van der Waals surface area contributed by atoms with Crippen LogP contribution in [-0.4, -0.2) is 56.3 Å². The van der Waals surface area contributed by atoms with Crippen LogP contribution in [0.25, 0.3) is 0 Å². The number of hydrogen-bond donors (Lipinski definition) is 1. The fourth-order valence-electron chi connectivity index (χ4n) is 3.54. The summed E-state index contributed by atoms with van der Waals surface area (Å²) in [7, 11) is -1.65. The van der Waals surface area contributed by atoms with Crippen LogP contribution in [0.4, 0.5) is 0 Å². The minimum atomic E-state index is -3.18. The lowest BCUT2D eigenvalue weighted by Crippen LogP contribution is -2.54. The van der Waals surface area contributed by atoms with Gasteiger partial charge in [0.15, 0.2) is 9.84 Å². The van der Waals surface area contributed by atoms with Crippen molar-refractivity contribution in [2.75, 3.05) is 25.1 Å². The molecule has 0 bridgehead atoms. The van der Waals surface area contributed by atoms with Gasteiger partial charge in [-0.25, -0.2) is 8.42 Å². The average Bonchev–Trinajstić information content (AvgIpc) is 2.45. The Morgan fingerprint density at radius 3 is 2.39 bits per heavy atom. The van der Waals surface area contributed by atoms with Gasteiger partial charge in [0.1, 0.15) is 0 Å². The first kappa shape index (κ1) is 18.2. The van der Waals surface area contributed by atoms with Crippen molar-refractivity contribution in [2.24, 2.45) is 11.3 Å². The lowest BCUT2D eigenvalue weighted by atomic mass is 9.72. The zero-order valence-corrected chi connectivity index (χ0v) is 15.1. The third-order valence-electron chi connectivity index (χ3n) is 5.20. The topological polar surface area (TPSA) is 83.6 Å². The highest BCUT2D eigenvalue weighted by atomic mass is 32.2. The first-order chi connectivity index (χ1) is 10.6. The Morgan fingerprint density at radius 1 is 1.22 bits per heavy atom. The van der Waals surface area contributed by atoms with Crippen LogP contribution in [0.2, 0.25) is 0 Å². The van der Waals surface area contributed by atoms with Gasteiger partial charge in [0.2, 0.25) is 11.8 Å². The normalized spacial score (nSPS) is 27.4. The molecule has 2 aliphatic rings. The average molecular weight is 344 g/mol. The van der Waals surface area contributed by atoms with E-state index in [1.54, 1.807) is 4.90 Å². The van der Waals surface area contributed by atoms with E-state index in [9.17, 15) is 18.0 Å². The van der Waals surface area contributed by atoms with Crippen molar-refractivity contribution < 1.29 is 18.0 Å². The molecule has 0 aromatic heterocycles. The molecule has 6 nitrogen and oxygen atoms in total. The number of sulfone groups is 1. The second-order valence-electron chi connectivity index (χ2n) is 7.62. The molecule has 1 heterocycles. The molecule has 2 fully saturated rings. The van der Waals surface area contributed by atoms with Gasteiger partial charge in [-0.15, -0.1) is 0 Å². The highest BCUT2D eigenvalue weighted by Gasteiger charge is 2.39. The Morgan fingerprint density at radius 2 is 1.83 bits per heavy atom. The van der Waals surface area contributed by atoms with E-state index < -0.39 is 15.9 Å². The van der Waals surface area contributed by atoms with Crippen LogP contribution in [0, 0.1) is 11.3 Å². The number of nitrogens with zero attached hydrogens (tertiary/aromatic N) is 1. The second-order valence-corrected chi connectivity index (χ2v) is 9.84. The Balaban J connectivity index is 2.08. The summed E-state index contributed by atoms with van der Waals surface area (Å²) >= 11 is 0. The summed E-state index contributed by atoms with van der Waals surface area (Å²) in [4.78, 5) is 26.2. The summed E-state index contributed by atoms with van der Waals surface area (Å²) in [6, 6.07) is -0.531. The van der Waals surface area contributed by atoms with Crippen molar-refractivity contribution in [3.8, 4) is 0 Å². The van der Waals surface area contributed by atoms with Gasteiger partial charge in [0, 0.05) is 25.9 Å². The molecule has 1 unspecified atom stereocenters. The number of amides is 2. The molecule has 0 spiro atoms. The molecular formula is C16H28N2O4S. The molecule has 7 heteroatoms. The fourth-order valence-corrected chi connectivity index (χ4v) is 5.07. The van der Waals surface area contributed by atoms with Gasteiger partial charge in [-0.2, -0.15) is 0 Å². The molecule has 1 N–H and O–H groups in total. The van der Waals surface area contributed by atoms with Crippen molar-refractivity contribution in [2.45, 2.75) is 52.0 Å². The Hall–Kier alpha value is -1.11. The number of carbonyl (C=O) groups is 2. The fraction of sp³-hybridized carbons (Fsp3) is 0.875. The Bertz CT molecular complexity index is 561. The van der Waals surface area contributed by atoms with E-state index in [-0.39, 0.29) is 47.6 Å². The molecule has 1 saturated heterocycles. The lowest BCUT2D eigenvalue weighted by Gasteiger charge is -2.40. The molecule has 0 radical (unpaired) electrons. The molecule has 2 amide bonds. The molecule has 1 aliphatic heterocycles. The third kappa shape index (κ3) is 4.68. The van der Waals surface area contributed by atoms with E-state index in [1.807, 2.05) is 0 Å². The Kier molecular flexibility index (Phi) is 5.38. The summed E-state index contributed by atoms with van der Waals surface area (Å²) in [5, 5.41) is 2.52. The minimum Gasteiger partial charge on any atom is -0.359 e. The van der Waals surface area contributed by atoms with Gasteiger partial charge in [0.05, 0.1) is 17.5 Å². The summed E-state index contributed by atoms with van der Waals surface area (Å²) in [5.41, 5.74) is 0.281.